The van der Waals surface area contributed by atoms with Crippen LogP contribution in [0.1, 0.15) is 0 Å². The number of fused-ring (bicyclic) bond motifs is 3. The van der Waals surface area contributed by atoms with Crippen molar-refractivity contribution >= 4 is 54.1 Å². The SMILES string of the molecule is Ic1nc(-c2ccccc2-c2ccccc2)cc(-c2cccc3c2sc2ccccc23)n1. The summed E-state index contributed by atoms with van der Waals surface area (Å²) in [6.45, 7) is 0. The fourth-order valence-electron chi connectivity index (χ4n) is 4.22. The lowest BCUT2D eigenvalue weighted by molar-refractivity contribution is 1.12. The Morgan fingerprint density at radius 2 is 1.19 bits per heavy atom. The van der Waals surface area contributed by atoms with Gasteiger partial charge in [-0.25, -0.2) is 9.97 Å². The third-order valence-electron chi connectivity index (χ3n) is 5.67. The molecule has 0 aliphatic carbocycles. The second-order valence-electron chi connectivity index (χ2n) is 7.60. The van der Waals surface area contributed by atoms with E-state index in [9.17, 15) is 0 Å². The van der Waals surface area contributed by atoms with Gasteiger partial charge in [-0.3, -0.25) is 0 Å². The van der Waals surface area contributed by atoms with E-state index in [0.29, 0.717) is 0 Å². The molecule has 6 aromatic rings. The van der Waals surface area contributed by atoms with E-state index in [1.54, 1.807) is 0 Å². The zero-order chi connectivity index (χ0) is 21.5. The Hall–Kier alpha value is -3.09. The Labute approximate surface area is 203 Å². The van der Waals surface area contributed by atoms with Crippen molar-refractivity contribution in [2.24, 2.45) is 0 Å². The van der Waals surface area contributed by atoms with Gasteiger partial charge in [-0.2, -0.15) is 0 Å². The molecular weight excluding hydrogens is 523 g/mol. The predicted molar refractivity (Wildman–Crippen MR) is 144 cm³/mol. The molecule has 0 amide bonds. The smallest absolute Gasteiger partial charge is 0.191 e. The number of nitrogens with zero attached hydrogens (tertiary/aromatic N) is 2. The van der Waals surface area contributed by atoms with Gasteiger partial charge < -0.3 is 0 Å². The lowest BCUT2D eigenvalue weighted by atomic mass is 9.97. The first-order chi connectivity index (χ1) is 15.8. The molecule has 0 spiro atoms. The van der Waals surface area contributed by atoms with Crippen molar-refractivity contribution in [1.29, 1.82) is 0 Å². The molecule has 0 unspecified atom stereocenters. The lowest BCUT2D eigenvalue weighted by Crippen LogP contribution is -1.96. The van der Waals surface area contributed by atoms with Gasteiger partial charge in [-0.1, -0.05) is 91.0 Å². The highest BCUT2D eigenvalue weighted by Gasteiger charge is 2.15. The van der Waals surface area contributed by atoms with E-state index < -0.39 is 0 Å². The van der Waals surface area contributed by atoms with Crippen LogP contribution in [0.25, 0.3) is 53.8 Å². The monoisotopic (exact) mass is 540 g/mol. The van der Waals surface area contributed by atoms with Gasteiger partial charge in [0.1, 0.15) is 0 Å². The van der Waals surface area contributed by atoms with E-state index in [1.807, 2.05) is 17.4 Å². The van der Waals surface area contributed by atoms with E-state index in [1.165, 1.54) is 31.3 Å². The van der Waals surface area contributed by atoms with Crippen LogP contribution in [0.4, 0.5) is 0 Å². The van der Waals surface area contributed by atoms with Crippen molar-refractivity contribution in [3.05, 3.63) is 107 Å². The van der Waals surface area contributed by atoms with Crippen LogP contribution in [0.15, 0.2) is 103 Å². The molecule has 0 bridgehead atoms. The molecule has 4 aromatic carbocycles. The molecule has 0 aliphatic rings. The first kappa shape index (κ1) is 19.6. The van der Waals surface area contributed by atoms with Gasteiger partial charge in [-0.05, 0) is 23.3 Å². The summed E-state index contributed by atoms with van der Waals surface area (Å²) in [4.78, 5) is 9.65. The molecule has 6 rings (SSSR count). The topological polar surface area (TPSA) is 25.8 Å². The molecule has 0 N–H and O–H groups in total. The van der Waals surface area contributed by atoms with Crippen molar-refractivity contribution in [3.63, 3.8) is 0 Å². The lowest BCUT2D eigenvalue weighted by Gasteiger charge is -2.11. The average Bonchev–Trinajstić information content (AvgIpc) is 3.23. The van der Waals surface area contributed by atoms with Gasteiger partial charge in [0, 0.05) is 53.9 Å². The van der Waals surface area contributed by atoms with Gasteiger partial charge in [0.2, 0.25) is 0 Å². The molecule has 2 heterocycles. The Bertz CT molecular complexity index is 1590. The summed E-state index contributed by atoms with van der Waals surface area (Å²) in [6, 6.07) is 36.2. The first-order valence-corrected chi connectivity index (χ1v) is 12.3. The van der Waals surface area contributed by atoms with Crippen molar-refractivity contribution in [2.75, 3.05) is 0 Å². The Balaban J connectivity index is 1.57. The van der Waals surface area contributed by atoms with Gasteiger partial charge in [0.25, 0.3) is 0 Å². The fraction of sp³-hybridized carbons (Fsp3) is 0. The standard InChI is InChI=1S/C28H17IN2S/c29-28-30-24(20-12-5-4-11-19(20)18-9-2-1-3-10-18)17-25(31-28)23-15-8-14-22-21-13-6-7-16-26(21)32-27(22)23/h1-17H. The molecule has 152 valence electrons. The van der Waals surface area contributed by atoms with E-state index >= 15 is 0 Å². The van der Waals surface area contributed by atoms with Gasteiger partial charge in [0.05, 0.1) is 11.4 Å². The maximum absolute atomic E-state index is 4.83. The van der Waals surface area contributed by atoms with Gasteiger partial charge in [-0.15, -0.1) is 11.3 Å². The van der Waals surface area contributed by atoms with Crippen molar-refractivity contribution in [2.45, 2.75) is 0 Å². The largest absolute Gasteiger partial charge is 0.223 e. The van der Waals surface area contributed by atoms with Crippen LogP contribution in [-0.4, -0.2) is 9.97 Å². The summed E-state index contributed by atoms with van der Waals surface area (Å²) >= 11 is 4.06. The number of rotatable bonds is 3. The highest BCUT2D eigenvalue weighted by atomic mass is 127. The molecule has 32 heavy (non-hydrogen) atoms. The Kier molecular flexibility index (Phi) is 4.97. The minimum atomic E-state index is 0.746. The summed E-state index contributed by atoms with van der Waals surface area (Å²) in [5, 5.41) is 2.58. The van der Waals surface area contributed by atoms with E-state index in [4.69, 9.17) is 9.97 Å². The van der Waals surface area contributed by atoms with Crippen molar-refractivity contribution < 1.29 is 0 Å². The van der Waals surface area contributed by atoms with Crippen LogP contribution >= 0.6 is 33.9 Å². The highest BCUT2D eigenvalue weighted by molar-refractivity contribution is 14.1. The fourth-order valence-corrected chi connectivity index (χ4v) is 5.96. The van der Waals surface area contributed by atoms with Crippen molar-refractivity contribution in [1.82, 2.24) is 9.97 Å². The summed E-state index contributed by atoms with van der Waals surface area (Å²) in [5.41, 5.74) is 6.53. The molecule has 2 nitrogen and oxygen atoms in total. The molecule has 0 aliphatic heterocycles. The minimum Gasteiger partial charge on any atom is -0.223 e. The number of hydrogen-bond donors (Lipinski definition) is 0. The summed E-state index contributed by atoms with van der Waals surface area (Å²) in [5.74, 6) is 0. The van der Waals surface area contributed by atoms with Crippen LogP contribution in [0.3, 0.4) is 0 Å². The molecule has 0 radical (unpaired) electrons. The summed E-state index contributed by atoms with van der Waals surface area (Å²) < 4.78 is 3.31. The van der Waals surface area contributed by atoms with E-state index in [-0.39, 0.29) is 0 Å². The third kappa shape index (κ3) is 3.40. The van der Waals surface area contributed by atoms with Gasteiger partial charge in [0.15, 0.2) is 3.83 Å². The molecule has 2 aromatic heterocycles. The number of benzene rings is 4. The summed E-state index contributed by atoms with van der Waals surface area (Å²) in [6.07, 6.45) is 0. The van der Waals surface area contributed by atoms with Crippen LogP contribution in [0.5, 0.6) is 0 Å². The number of aromatic nitrogens is 2. The molecule has 0 atom stereocenters. The maximum atomic E-state index is 4.83. The maximum Gasteiger partial charge on any atom is 0.191 e. The number of thiophene rings is 1. The van der Waals surface area contributed by atoms with Crippen LogP contribution < -0.4 is 0 Å². The Morgan fingerprint density at radius 1 is 0.562 bits per heavy atom. The average molecular weight is 540 g/mol. The normalized spacial score (nSPS) is 11.3. The zero-order valence-corrected chi connectivity index (χ0v) is 20.0. The highest BCUT2D eigenvalue weighted by Crippen LogP contribution is 2.40. The quantitative estimate of drug-likeness (QED) is 0.166. The second-order valence-corrected chi connectivity index (χ2v) is 9.62. The van der Waals surface area contributed by atoms with E-state index in [0.717, 1.165) is 26.3 Å². The first-order valence-electron chi connectivity index (χ1n) is 10.4. The van der Waals surface area contributed by atoms with Crippen molar-refractivity contribution in [3.8, 4) is 33.6 Å². The molecule has 0 saturated carbocycles. The second kappa shape index (κ2) is 8.11. The molecule has 0 saturated heterocycles. The van der Waals surface area contributed by atoms with Gasteiger partial charge >= 0.3 is 0 Å². The minimum absolute atomic E-state index is 0.746. The predicted octanol–water partition coefficient (Wildman–Crippen LogP) is 8.45. The third-order valence-corrected chi connectivity index (χ3v) is 7.37. The number of halogens is 1. The Morgan fingerprint density at radius 3 is 2.03 bits per heavy atom. The van der Waals surface area contributed by atoms with Crippen LogP contribution in [0.2, 0.25) is 0 Å². The molecular formula is C28H17IN2S. The molecule has 0 fully saturated rings. The number of hydrogen-bond acceptors (Lipinski definition) is 3. The van der Waals surface area contributed by atoms with Crippen LogP contribution in [0, 0.1) is 3.83 Å². The van der Waals surface area contributed by atoms with Crippen LogP contribution in [-0.2, 0) is 0 Å². The molecule has 4 heteroatoms. The zero-order valence-electron chi connectivity index (χ0n) is 17.0. The van der Waals surface area contributed by atoms with E-state index in [2.05, 4.69) is 120 Å². The summed E-state index contributed by atoms with van der Waals surface area (Å²) in [7, 11) is 0.